The van der Waals surface area contributed by atoms with Crippen LogP contribution in [0.3, 0.4) is 0 Å². The van der Waals surface area contributed by atoms with Crippen molar-refractivity contribution in [1.82, 2.24) is 10.2 Å². The van der Waals surface area contributed by atoms with Crippen LogP contribution in [-0.2, 0) is 0 Å². The van der Waals surface area contributed by atoms with Gasteiger partial charge in [0.1, 0.15) is 5.75 Å². The van der Waals surface area contributed by atoms with Crippen LogP contribution in [0.5, 0.6) is 11.5 Å². The molecule has 0 bridgehead atoms. The minimum absolute atomic E-state index is 0.0624. The summed E-state index contributed by atoms with van der Waals surface area (Å²) in [5, 5.41) is 13.4. The number of hydrogen-bond acceptors (Lipinski definition) is 7. The van der Waals surface area contributed by atoms with Gasteiger partial charge in [0.05, 0.1) is 28.6 Å². The number of aliphatic hydroxyl groups excluding tert-OH is 1. The molecule has 43 heavy (non-hydrogen) atoms. The summed E-state index contributed by atoms with van der Waals surface area (Å²) in [7, 11) is 0. The Bertz CT molecular complexity index is 1620. The lowest BCUT2D eigenvalue weighted by Crippen LogP contribution is -2.50. The molecule has 0 aromatic heterocycles. The van der Waals surface area contributed by atoms with Gasteiger partial charge in [-0.15, -0.1) is 0 Å². The van der Waals surface area contributed by atoms with Crippen LogP contribution in [0, 0.1) is 0 Å². The second-order valence-electron chi connectivity index (χ2n) is 10.6. The maximum atomic E-state index is 13.0. The third kappa shape index (κ3) is 6.13. The van der Waals surface area contributed by atoms with Gasteiger partial charge >= 0.3 is 0 Å². The lowest BCUT2D eigenvalue weighted by atomic mass is 10.1. The molecule has 3 amide bonds. The average Bonchev–Trinajstić information content (AvgIpc) is 3.30. The maximum Gasteiger partial charge on any atom is 0.266 e. The number of nitrogens with one attached hydrogen (secondary N) is 1. The Kier molecular flexibility index (Phi) is 8.17. The van der Waals surface area contributed by atoms with Crippen molar-refractivity contribution in [2.24, 2.45) is 0 Å². The van der Waals surface area contributed by atoms with Crippen molar-refractivity contribution in [2.45, 2.75) is 6.10 Å². The van der Waals surface area contributed by atoms with Gasteiger partial charge < -0.3 is 20.1 Å². The van der Waals surface area contributed by atoms with Crippen LogP contribution >= 0.6 is 0 Å². The van der Waals surface area contributed by atoms with Crippen molar-refractivity contribution in [2.75, 3.05) is 49.1 Å². The highest BCUT2D eigenvalue weighted by molar-refractivity contribution is 6.34. The van der Waals surface area contributed by atoms with E-state index in [1.807, 2.05) is 48.5 Å². The molecule has 4 aromatic carbocycles. The summed E-state index contributed by atoms with van der Waals surface area (Å²) >= 11 is 0. The fourth-order valence-corrected chi connectivity index (χ4v) is 5.46. The molecule has 6 rings (SSSR count). The van der Waals surface area contributed by atoms with Crippen LogP contribution in [0.1, 0.15) is 31.1 Å². The second kappa shape index (κ2) is 12.5. The smallest absolute Gasteiger partial charge is 0.266 e. The number of hydrogen-bond donors (Lipinski definition) is 2. The molecule has 0 spiro atoms. The number of carbonyl (C=O) groups is 3. The van der Waals surface area contributed by atoms with E-state index in [0.717, 1.165) is 48.3 Å². The second-order valence-corrected chi connectivity index (χ2v) is 10.6. The molecule has 2 N–H and O–H groups in total. The van der Waals surface area contributed by atoms with Crippen molar-refractivity contribution < 1.29 is 24.2 Å². The molecule has 1 unspecified atom stereocenters. The number of β-amino-alcohol motifs (C(OH)–C–C–N with tert-alkyl or cyclic N) is 1. The quantitative estimate of drug-likeness (QED) is 0.288. The first kappa shape index (κ1) is 28.1. The summed E-state index contributed by atoms with van der Waals surface area (Å²) in [6.45, 7) is 3.53. The minimum Gasteiger partial charge on any atom is -0.455 e. The zero-order valence-corrected chi connectivity index (χ0v) is 23.6. The number of imide groups is 1. The van der Waals surface area contributed by atoms with Gasteiger partial charge in [0.2, 0.25) is 0 Å². The summed E-state index contributed by atoms with van der Waals surface area (Å²) in [5.74, 6) is 0.290. The van der Waals surface area contributed by atoms with Gasteiger partial charge in [0.25, 0.3) is 17.7 Å². The van der Waals surface area contributed by atoms with Crippen LogP contribution < -0.4 is 19.9 Å². The van der Waals surface area contributed by atoms with E-state index < -0.39 is 23.8 Å². The first-order valence-electron chi connectivity index (χ1n) is 14.3. The topological polar surface area (TPSA) is 102 Å². The largest absolute Gasteiger partial charge is 0.455 e. The number of carbonyl (C=O) groups excluding carboxylic acids is 3. The van der Waals surface area contributed by atoms with Crippen molar-refractivity contribution >= 4 is 29.1 Å². The van der Waals surface area contributed by atoms with Gasteiger partial charge in [0, 0.05) is 44.8 Å². The maximum absolute atomic E-state index is 13.0. The van der Waals surface area contributed by atoms with Crippen molar-refractivity contribution in [3.63, 3.8) is 0 Å². The number of fused-ring (bicyclic) bond motifs is 1. The molecule has 0 aliphatic carbocycles. The Hall–Kier alpha value is -4.99. The van der Waals surface area contributed by atoms with Gasteiger partial charge in [-0.05, 0) is 54.6 Å². The number of benzene rings is 4. The summed E-state index contributed by atoms with van der Waals surface area (Å²) in [6.07, 6.45) is -0.768. The third-order valence-corrected chi connectivity index (χ3v) is 7.68. The molecule has 9 nitrogen and oxygen atoms in total. The number of piperazine rings is 1. The van der Waals surface area contributed by atoms with Crippen LogP contribution in [-0.4, -0.2) is 73.1 Å². The van der Waals surface area contributed by atoms with Gasteiger partial charge in [0.15, 0.2) is 5.75 Å². The molecule has 9 heteroatoms. The lowest BCUT2D eigenvalue weighted by Gasteiger charge is -2.37. The predicted octanol–water partition coefficient (Wildman–Crippen LogP) is 4.19. The zero-order chi connectivity index (χ0) is 29.8. The van der Waals surface area contributed by atoms with E-state index in [1.54, 1.807) is 30.3 Å². The van der Waals surface area contributed by atoms with Crippen LogP contribution in [0.15, 0.2) is 103 Å². The number of anilines is 2. The molecule has 0 radical (unpaired) electrons. The molecule has 0 saturated carbocycles. The van der Waals surface area contributed by atoms with E-state index in [-0.39, 0.29) is 23.2 Å². The summed E-state index contributed by atoms with van der Waals surface area (Å²) in [4.78, 5) is 44.3. The SMILES string of the molecule is O=C(NCC(O)CN1CCN(c2ccccc2Oc2ccccc2)CC1)c1ccc2c(c1)C(=O)N(c1ccccc1)C2=O. The molecule has 2 heterocycles. The zero-order valence-electron chi connectivity index (χ0n) is 23.6. The van der Waals surface area contributed by atoms with Crippen molar-refractivity contribution in [3.8, 4) is 11.5 Å². The van der Waals surface area contributed by atoms with E-state index >= 15 is 0 Å². The Labute approximate surface area is 249 Å². The van der Waals surface area contributed by atoms with E-state index in [2.05, 4.69) is 21.2 Å². The summed E-state index contributed by atoms with van der Waals surface area (Å²) < 4.78 is 6.13. The Morgan fingerprint density at radius 2 is 1.44 bits per heavy atom. The van der Waals surface area contributed by atoms with E-state index in [4.69, 9.17) is 4.74 Å². The number of amides is 3. The van der Waals surface area contributed by atoms with Crippen molar-refractivity contribution in [3.05, 3.63) is 120 Å². The fourth-order valence-electron chi connectivity index (χ4n) is 5.46. The fraction of sp³-hybridized carbons (Fsp3) is 0.206. The lowest BCUT2D eigenvalue weighted by molar-refractivity contribution is 0.0851. The third-order valence-electron chi connectivity index (χ3n) is 7.68. The molecule has 1 atom stereocenters. The van der Waals surface area contributed by atoms with Gasteiger partial charge in [-0.25, -0.2) is 4.90 Å². The Morgan fingerprint density at radius 3 is 2.19 bits per heavy atom. The van der Waals surface area contributed by atoms with Gasteiger partial charge in [-0.2, -0.15) is 0 Å². The molecular formula is C34H32N4O5. The van der Waals surface area contributed by atoms with E-state index in [0.29, 0.717) is 12.2 Å². The normalized spacial score (nSPS) is 15.7. The Morgan fingerprint density at radius 1 is 0.791 bits per heavy atom. The van der Waals surface area contributed by atoms with Crippen molar-refractivity contribution in [1.29, 1.82) is 0 Å². The standard InChI is InChI=1S/C34H32N4O5/c39-26(23-36-17-19-37(20-18-36)30-13-7-8-14-31(30)43-27-11-5-2-6-12-27)22-35-32(40)24-15-16-28-29(21-24)34(42)38(33(28)41)25-9-3-1-4-10-25/h1-16,21,26,39H,17-20,22-23H2,(H,35,40). The van der Waals surface area contributed by atoms with Crippen LogP contribution in [0.4, 0.5) is 11.4 Å². The number of nitrogens with zero attached hydrogens (tertiary/aromatic N) is 3. The molecule has 4 aromatic rings. The van der Waals surface area contributed by atoms with Crippen LogP contribution in [0.2, 0.25) is 0 Å². The first-order valence-corrected chi connectivity index (χ1v) is 14.3. The monoisotopic (exact) mass is 576 g/mol. The molecular weight excluding hydrogens is 544 g/mol. The molecule has 1 saturated heterocycles. The number of para-hydroxylation sites is 4. The number of ether oxygens (including phenoxy) is 1. The summed E-state index contributed by atoms with van der Waals surface area (Å²) in [6, 6.07) is 30.9. The average molecular weight is 577 g/mol. The number of rotatable bonds is 9. The van der Waals surface area contributed by atoms with Gasteiger partial charge in [-0.3, -0.25) is 19.3 Å². The molecule has 2 aliphatic heterocycles. The molecule has 2 aliphatic rings. The highest BCUT2D eigenvalue weighted by Gasteiger charge is 2.37. The van der Waals surface area contributed by atoms with E-state index in [1.165, 1.54) is 18.2 Å². The highest BCUT2D eigenvalue weighted by Crippen LogP contribution is 2.33. The highest BCUT2D eigenvalue weighted by atomic mass is 16.5. The number of aliphatic hydroxyl groups is 1. The first-order chi connectivity index (χ1) is 21.0. The molecule has 218 valence electrons. The predicted molar refractivity (Wildman–Crippen MR) is 164 cm³/mol. The minimum atomic E-state index is -0.768. The summed E-state index contributed by atoms with van der Waals surface area (Å²) in [5.41, 5.74) is 2.22. The van der Waals surface area contributed by atoms with Crippen LogP contribution in [0.25, 0.3) is 0 Å². The Balaban J connectivity index is 1.00. The van der Waals surface area contributed by atoms with Gasteiger partial charge in [-0.1, -0.05) is 48.5 Å². The van der Waals surface area contributed by atoms with E-state index in [9.17, 15) is 19.5 Å². The molecule has 1 fully saturated rings.